The van der Waals surface area contributed by atoms with E-state index < -0.39 is 6.10 Å². The van der Waals surface area contributed by atoms with Gasteiger partial charge < -0.3 is 9.52 Å². The van der Waals surface area contributed by atoms with Crippen molar-refractivity contribution in [2.45, 2.75) is 26.9 Å². The smallest absolute Gasteiger partial charge is 0.138 e. The Kier molecular flexibility index (Phi) is 3.11. The molecule has 0 saturated carbocycles. The van der Waals surface area contributed by atoms with Gasteiger partial charge in [-0.05, 0) is 55.2 Å². The molecule has 0 spiro atoms. The highest BCUT2D eigenvalue weighted by Gasteiger charge is 2.18. The molecule has 2 nitrogen and oxygen atoms in total. The first-order valence-corrected chi connectivity index (χ1v) is 6.80. The average molecular weight is 266 g/mol. The third-order valence-corrected chi connectivity index (χ3v) is 3.89. The third-order valence-electron chi connectivity index (χ3n) is 3.89. The molecule has 0 aliphatic rings. The minimum atomic E-state index is -0.721. The predicted octanol–water partition coefficient (Wildman–Crippen LogP) is 4.44. The maximum atomic E-state index is 10.6. The van der Waals surface area contributed by atoms with E-state index in [4.69, 9.17) is 4.42 Å². The zero-order valence-electron chi connectivity index (χ0n) is 12.0. The third kappa shape index (κ3) is 2.12. The van der Waals surface area contributed by atoms with Crippen molar-refractivity contribution in [3.05, 3.63) is 70.5 Å². The number of fused-ring (bicyclic) bond motifs is 1. The van der Waals surface area contributed by atoms with Gasteiger partial charge in [0.1, 0.15) is 17.4 Å². The molecule has 3 rings (SSSR count). The van der Waals surface area contributed by atoms with Gasteiger partial charge in [0.15, 0.2) is 0 Å². The van der Waals surface area contributed by atoms with E-state index in [-0.39, 0.29) is 0 Å². The topological polar surface area (TPSA) is 33.4 Å². The minimum absolute atomic E-state index is 0.595. The molecule has 2 aromatic carbocycles. The van der Waals surface area contributed by atoms with Crippen molar-refractivity contribution in [1.82, 2.24) is 0 Å². The number of aliphatic hydroxyl groups is 1. The van der Waals surface area contributed by atoms with Gasteiger partial charge in [0, 0.05) is 5.39 Å². The number of rotatable bonds is 2. The Bertz CT molecular complexity index is 735. The molecule has 1 atom stereocenters. The van der Waals surface area contributed by atoms with Crippen LogP contribution in [0.1, 0.15) is 34.1 Å². The number of benzene rings is 2. The molecule has 102 valence electrons. The first kappa shape index (κ1) is 12.9. The van der Waals surface area contributed by atoms with Gasteiger partial charge >= 0.3 is 0 Å². The highest BCUT2D eigenvalue weighted by molar-refractivity contribution is 5.77. The van der Waals surface area contributed by atoms with Crippen molar-refractivity contribution >= 4 is 11.0 Å². The lowest BCUT2D eigenvalue weighted by atomic mass is 9.96. The number of aliphatic hydroxyl groups excluding tert-OH is 1. The van der Waals surface area contributed by atoms with E-state index in [2.05, 4.69) is 19.9 Å². The van der Waals surface area contributed by atoms with E-state index in [1.807, 2.05) is 43.3 Å². The van der Waals surface area contributed by atoms with E-state index >= 15 is 0 Å². The lowest BCUT2D eigenvalue weighted by Crippen LogP contribution is -2.02. The predicted molar refractivity (Wildman–Crippen MR) is 80.9 cm³/mol. The molecule has 1 unspecified atom stereocenters. The monoisotopic (exact) mass is 266 g/mol. The lowest BCUT2D eigenvalue weighted by Gasteiger charge is -2.14. The van der Waals surface area contributed by atoms with Crippen LogP contribution in [-0.4, -0.2) is 5.11 Å². The van der Waals surface area contributed by atoms with Crippen LogP contribution >= 0.6 is 0 Å². The Hall–Kier alpha value is -2.06. The minimum Gasteiger partial charge on any atom is -0.458 e. The maximum absolute atomic E-state index is 10.6. The summed E-state index contributed by atoms with van der Waals surface area (Å²) >= 11 is 0. The van der Waals surface area contributed by atoms with E-state index in [1.54, 1.807) is 0 Å². The summed E-state index contributed by atoms with van der Waals surface area (Å²) in [5.41, 5.74) is 5.22. The molecule has 0 radical (unpaired) electrons. The molecule has 1 N–H and O–H groups in total. The summed E-state index contributed by atoms with van der Waals surface area (Å²) in [5.74, 6) is 0.595. The molecule has 2 heteroatoms. The first-order valence-electron chi connectivity index (χ1n) is 6.80. The zero-order chi connectivity index (χ0) is 14.3. The summed E-state index contributed by atoms with van der Waals surface area (Å²) in [6.07, 6.45) is -0.721. The Labute approximate surface area is 118 Å². The fourth-order valence-electron chi connectivity index (χ4n) is 2.57. The highest BCUT2D eigenvalue weighted by Crippen LogP contribution is 2.30. The van der Waals surface area contributed by atoms with Crippen LogP contribution in [0.15, 0.2) is 46.9 Å². The van der Waals surface area contributed by atoms with Gasteiger partial charge in [-0.15, -0.1) is 0 Å². The van der Waals surface area contributed by atoms with Crippen molar-refractivity contribution in [2.24, 2.45) is 0 Å². The molecule has 0 amide bonds. The second-order valence-corrected chi connectivity index (χ2v) is 5.38. The van der Waals surface area contributed by atoms with Crippen LogP contribution in [-0.2, 0) is 0 Å². The van der Waals surface area contributed by atoms with Crippen LogP contribution in [0, 0.1) is 20.8 Å². The SMILES string of the molecule is Cc1cc(C)c(C(O)c2cc3ccccc3o2)cc1C. The quantitative estimate of drug-likeness (QED) is 0.744. The normalized spacial score (nSPS) is 12.8. The van der Waals surface area contributed by atoms with E-state index in [1.165, 1.54) is 11.1 Å². The van der Waals surface area contributed by atoms with Gasteiger partial charge in [-0.3, -0.25) is 0 Å². The average Bonchev–Trinajstić information content (AvgIpc) is 2.86. The number of furan rings is 1. The summed E-state index contributed by atoms with van der Waals surface area (Å²) in [6.45, 7) is 6.16. The van der Waals surface area contributed by atoms with Gasteiger partial charge in [-0.25, -0.2) is 0 Å². The fourth-order valence-corrected chi connectivity index (χ4v) is 2.57. The largest absolute Gasteiger partial charge is 0.458 e. The summed E-state index contributed by atoms with van der Waals surface area (Å²) in [6, 6.07) is 13.9. The molecule has 0 aliphatic heterocycles. The van der Waals surface area contributed by atoms with Crippen molar-refractivity contribution in [3.8, 4) is 0 Å². The summed E-state index contributed by atoms with van der Waals surface area (Å²) in [5, 5.41) is 11.6. The van der Waals surface area contributed by atoms with Gasteiger partial charge in [0.05, 0.1) is 0 Å². The molecule has 0 bridgehead atoms. The summed E-state index contributed by atoms with van der Waals surface area (Å²) < 4.78 is 5.76. The van der Waals surface area contributed by atoms with Crippen LogP contribution in [0.3, 0.4) is 0 Å². The Morgan fingerprint density at radius 2 is 1.60 bits per heavy atom. The number of hydrogen-bond acceptors (Lipinski definition) is 2. The summed E-state index contributed by atoms with van der Waals surface area (Å²) in [4.78, 5) is 0. The number of hydrogen-bond donors (Lipinski definition) is 1. The van der Waals surface area contributed by atoms with Crippen LogP contribution in [0.2, 0.25) is 0 Å². The van der Waals surface area contributed by atoms with Crippen LogP contribution < -0.4 is 0 Å². The maximum Gasteiger partial charge on any atom is 0.138 e. The molecule has 1 heterocycles. The number of para-hydroxylation sites is 1. The zero-order valence-corrected chi connectivity index (χ0v) is 12.0. The fraction of sp³-hybridized carbons (Fsp3) is 0.222. The van der Waals surface area contributed by atoms with Gasteiger partial charge in [-0.1, -0.05) is 30.3 Å². The van der Waals surface area contributed by atoms with Gasteiger partial charge in [0.25, 0.3) is 0 Å². The molecule has 0 fully saturated rings. The Balaban J connectivity index is 2.07. The van der Waals surface area contributed by atoms with Crippen molar-refractivity contribution < 1.29 is 9.52 Å². The Morgan fingerprint density at radius 3 is 2.35 bits per heavy atom. The lowest BCUT2D eigenvalue weighted by molar-refractivity contribution is 0.191. The molecular formula is C18H18O2. The second kappa shape index (κ2) is 4.80. The van der Waals surface area contributed by atoms with Crippen LogP contribution in [0.5, 0.6) is 0 Å². The van der Waals surface area contributed by atoms with Gasteiger partial charge in [-0.2, -0.15) is 0 Å². The van der Waals surface area contributed by atoms with E-state index in [9.17, 15) is 5.11 Å². The molecule has 20 heavy (non-hydrogen) atoms. The van der Waals surface area contributed by atoms with Crippen molar-refractivity contribution in [2.75, 3.05) is 0 Å². The molecule has 0 aliphatic carbocycles. The summed E-state index contributed by atoms with van der Waals surface area (Å²) in [7, 11) is 0. The molecule has 3 aromatic rings. The highest BCUT2D eigenvalue weighted by atomic mass is 16.4. The van der Waals surface area contributed by atoms with E-state index in [0.29, 0.717) is 5.76 Å². The molecule has 1 aromatic heterocycles. The van der Waals surface area contributed by atoms with E-state index in [0.717, 1.165) is 22.1 Å². The van der Waals surface area contributed by atoms with Crippen LogP contribution in [0.25, 0.3) is 11.0 Å². The Morgan fingerprint density at radius 1 is 0.900 bits per heavy atom. The van der Waals surface area contributed by atoms with Gasteiger partial charge in [0.2, 0.25) is 0 Å². The first-order chi connectivity index (χ1) is 9.56. The van der Waals surface area contributed by atoms with Crippen molar-refractivity contribution in [3.63, 3.8) is 0 Å². The van der Waals surface area contributed by atoms with Crippen LogP contribution in [0.4, 0.5) is 0 Å². The standard InChI is InChI=1S/C18H18O2/c1-11-8-13(3)15(9-12(11)2)18(19)17-10-14-6-4-5-7-16(14)20-17/h4-10,18-19H,1-3H3. The molecular weight excluding hydrogens is 248 g/mol. The number of aryl methyl sites for hydroxylation is 3. The molecule has 0 saturated heterocycles. The van der Waals surface area contributed by atoms with Crippen molar-refractivity contribution in [1.29, 1.82) is 0 Å². The second-order valence-electron chi connectivity index (χ2n) is 5.38.